The molecule has 3 heterocycles. The molecule has 9 heteroatoms. The fraction of sp³-hybridized carbons (Fsp3) is 0.217. The van der Waals surface area contributed by atoms with E-state index in [0.717, 1.165) is 33.0 Å². The number of esters is 1. The number of rotatable bonds is 6. The van der Waals surface area contributed by atoms with Crippen LogP contribution < -0.4 is 0 Å². The molecule has 0 fully saturated rings. The van der Waals surface area contributed by atoms with Gasteiger partial charge in [-0.25, -0.2) is 9.48 Å². The summed E-state index contributed by atoms with van der Waals surface area (Å²) in [6.07, 6.45) is 0. The summed E-state index contributed by atoms with van der Waals surface area (Å²) >= 11 is 1.69. The van der Waals surface area contributed by atoms with Gasteiger partial charge in [0.15, 0.2) is 11.5 Å². The maximum absolute atomic E-state index is 12.7. The minimum Gasteiger partial charge on any atom is -0.461 e. The first-order valence-corrected chi connectivity index (χ1v) is 11.1. The van der Waals surface area contributed by atoms with Crippen molar-refractivity contribution in [3.8, 4) is 28.4 Å². The second kappa shape index (κ2) is 8.60. The van der Waals surface area contributed by atoms with Gasteiger partial charge in [-0.1, -0.05) is 29.4 Å². The molecule has 4 aromatic rings. The number of nitrogens with zero attached hydrogens (tertiary/aromatic N) is 4. The van der Waals surface area contributed by atoms with Gasteiger partial charge in [0.2, 0.25) is 0 Å². The minimum absolute atomic E-state index is 0.271. The van der Waals surface area contributed by atoms with Gasteiger partial charge in [0, 0.05) is 34.4 Å². The highest BCUT2D eigenvalue weighted by atomic mass is 32.2. The zero-order valence-corrected chi connectivity index (χ0v) is 18.4. The summed E-state index contributed by atoms with van der Waals surface area (Å²) in [5.41, 5.74) is 4.67. The van der Waals surface area contributed by atoms with Gasteiger partial charge in [0.05, 0.1) is 18.0 Å². The molecule has 0 N–H and O–H groups in total. The Hall–Kier alpha value is -3.43. The normalized spacial score (nSPS) is 12.3. The van der Waals surface area contributed by atoms with Crippen molar-refractivity contribution in [1.29, 1.82) is 0 Å². The maximum Gasteiger partial charge on any atom is 0.359 e. The summed E-state index contributed by atoms with van der Waals surface area (Å²) in [5.74, 6) is 1.09. The number of hydrogen-bond acceptors (Lipinski definition) is 8. The Kier molecular flexibility index (Phi) is 5.50. The van der Waals surface area contributed by atoms with E-state index in [0.29, 0.717) is 29.8 Å². The smallest absolute Gasteiger partial charge is 0.359 e. The predicted molar refractivity (Wildman–Crippen MR) is 119 cm³/mol. The molecule has 1 aliphatic rings. The zero-order chi connectivity index (χ0) is 22.1. The van der Waals surface area contributed by atoms with Crippen molar-refractivity contribution in [2.75, 3.05) is 13.7 Å². The van der Waals surface area contributed by atoms with Gasteiger partial charge in [-0.15, -0.1) is 11.8 Å². The molecule has 0 spiro atoms. The molecule has 32 heavy (non-hydrogen) atoms. The van der Waals surface area contributed by atoms with Crippen LogP contribution in [0, 0.1) is 0 Å². The van der Waals surface area contributed by atoms with Crippen LogP contribution >= 0.6 is 11.8 Å². The van der Waals surface area contributed by atoms with E-state index in [-0.39, 0.29) is 6.61 Å². The number of thioether (sulfide) groups is 1. The number of methoxy groups -OCH3 is 1. The highest BCUT2D eigenvalue weighted by Gasteiger charge is 2.30. The molecule has 2 aromatic heterocycles. The number of hydrogen-bond donors (Lipinski definition) is 0. The van der Waals surface area contributed by atoms with E-state index in [1.807, 2.05) is 42.5 Å². The van der Waals surface area contributed by atoms with E-state index in [2.05, 4.69) is 16.2 Å². The Bertz CT molecular complexity index is 1300. The number of ether oxygens (including phenoxy) is 2. The zero-order valence-electron chi connectivity index (χ0n) is 17.6. The van der Waals surface area contributed by atoms with Crippen molar-refractivity contribution < 1.29 is 18.8 Å². The van der Waals surface area contributed by atoms with E-state index >= 15 is 0 Å². The predicted octanol–water partition coefficient (Wildman–Crippen LogP) is 4.52. The number of aromatic nitrogens is 4. The Morgan fingerprint density at radius 2 is 2.09 bits per heavy atom. The molecule has 1 aliphatic heterocycles. The molecule has 162 valence electrons. The summed E-state index contributed by atoms with van der Waals surface area (Å²) in [4.78, 5) is 18.2. The Balaban J connectivity index is 1.65. The largest absolute Gasteiger partial charge is 0.461 e. The summed E-state index contributed by atoms with van der Waals surface area (Å²) in [6.45, 7) is 2.35. The Labute approximate surface area is 188 Å². The average molecular weight is 449 g/mol. The first kappa shape index (κ1) is 20.5. The van der Waals surface area contributed by atoms with Crippen molar-refractivity contribution in [2.24, 2.45) is 0 Å². The second-order valence-corrected chi connectivity index (χ2v) is 8.11. The highest BCUT2D eigenvalue weighted by Crippen LogP contribution is 2.43. The van der Waals surface area contributed by atoms with E-state index in [9.17, 15) is 4.79 Å². The number of carbonyl (C=O) groups is 1. The van der Waals surface area contributed by atoms with Gasteiger partial charge in [-0.2, -0.15) is 10.1 Å². The fourth-order valence-corrected chi connectivity index (χ4v) is 4.75. The lowest BCUT2D eigenvalue weighted by molar-refractivity contribution is 0.0518. The van der Waals surface area contributed by atoms with Gasteiger partial charge in [0.1, 0.15) is 6.61 Å². The van der Waals surface area contributed by atoms with Crippen molar-refractivity contribution in [3.63, 3.8) is 0 Å². The Morgan fingerprint density at radius 1 is 1.22 bits per heavy atom. The maximum atomic E-state index is 12.7. The lowest BCUT2D eigenvalue weighted by atomic mass is 10.1. The lowest BCUT2D eigenvalue weighted by Gasteiger charge is -2.18. The van der Waals surface area contributed by atoms with Crippen LogP contribution in [0.5, 0.6) is 0 Å². The third-order valence-electron chi connectivity index (χ3n) is 5.05. The van der Waals surface area contributed by atoms with E-state index in [4.69, 9.17) is 19.1 Å². The van der Waals surface area contributed by atoms with Crippen LogP contribution in [-0.2, 0) is 21.8 Å². The molecule has 0 radical (unpaired) electrons. The minimum atomic E-state index is -0.417. The van der Waals surface area contributed by atoms with Gasteiger partial charge in [0.25, 0.3) is 5.89 Å². The van der Waals surface area contributed by atoms with Gasteiger partial charge in [-0.05, 0) is 31.2 Å². The number of benzene rings is 2. The second-order valence-electron chi connectivity index (χ2n) is 7.09. The molecule has 5 rings (SSSR count). The number of fused-ring (bicyclic) bond motifs is 3. The molecule has 0 saturated carbocycles. The molecule has 2 aromatic carbocycles. The highest BCUT2D eigenvalue weighted by molar-refractivity contribution is 7.98. The standard InChI is InChI=1S/C23H20N4O4S/c1-3-30-23(28)20-17-13-32-18-10-5-4-9-16(18)21(17)27(25-20)15-8-6-7-14(11-15)22-24-19(12-29-2)26-31-22/h4-11H,3,12-13H2,1-2H3. The molecule has 0 saturated heterocycles. The van der Waals surface area contributed by atoms with Crippen molar-refractivity contribution >= 4 is 17.7 Å². The van der Waals surface area contributed by atoms with Crippen molar-refractivity contribution in [3.05, 3.63) is 65.6 Å². The van der Waals surface area contributed by atoms with E-state index < -0.39 is 5.97 Å². The third kappa shape index (κ3) is 3.59. The van der Waals surface area contributed by atoms with Gasteiger partial charge >= 0.3 is 5.97 Å². The molecule has 0 aliphatic carbocycles. The summed E-state index contributed by atoms with van der Waals surface area (Å²) in [5, 5.41) is 8.63. The summed E-state index contributed by atoms with van der Waals surface area (Å²) < 4.78 is 17.5. The topological polar surface area (TPSA) is 92.3 Å². The lowest BCUT2D eigenvalue weighted by Crippen LogP contribution is -2.08. The van der Waals surface area contributed by atoms with Crippen molar-refractivity contribution in [1.82, 2.24) is 19.9 Å². The third-order valence-corrected chi connectivity index (χ3v) is 6.15. The van der Waals surface area contributed by atoms with Crippen LogP contribution in [0.15, 0.2) is 57.9 Å². The van der Waals surface area contributed by atoms with E-state index in [1.54, 1.807) is 30.5 Å². The average Bonchev–Trinajstić information content (AvgIpc) is 3.45. The first-order valence-electron chi connectivity index (χ1n) is 10.1. The van der Waals surface area contributed by atoms with Crippen LogP contribution in [0.1, 0.15) is 28.8 Å². The molecular formula is C23H20N4O4S. The van der Waals surface area contributed by atoms with Crippen LogP contribution in [-0.4, -0.2) is 39.6 Å². The monoisotopic (exact) mass is 448 g/mol. The quantitative estimate of drug-likeness (QED) is 0.398. The molecule has 8 nitrogen and oxygen atoms in total. The number of carbonyl (C=O) groups excluding carboxylic acids is 1. The van der Waals surface area contributed by atoms with Crippen LogP contribution in [0.4, 0.5) is 0 Å². The molecular weight excluding hydrogens is 428 g/mol. The van der Waals surface area contributed by atoms with Crippen LogP contribution in [0.3, 0.4) is 0 Å². The molecule has 0 unspecified atom stereocenters. The van der Waals surface area contributed by atoms with Crippen molar-refractivity contribution in [2.45, 2.75) is 24.2 Å². The summed E-state index contributed by atoms with van der Waals surface area (Å²) in [6, 6.07) is 15.8. The molecule has 0 amide bonds. The van der Waals surface area contributed by atoms with E-state index in [1.165, 1.54) is 0 Å². The van der Waals surface area contributed by atoms with Gasteiger partial charge in [-0.3, -0.25) is 0 Å². The fourth-order valence-electron chi connectivity index (χ4n) is 3.68. The Morgan fingerprint density at radius 3 is 2.94 bits per heavy atom. The molecule has 0 bridgehead atoms. The first-order chi connectivity index (χ1) is 15.7. The molecule has 0 atom stereocenters. The SMILES string of the molecule is CCOC(=O)c1nn(-c2cccc(-c3nc(COC)no3)c2)c2c1CSc1ccccc1-2. The van der Waals surface area contributed by atoms with Gasteiger partial charge < -0.3 is 14.0 Å². The van der Waals surface area contributed by atoms with Crippen LogP contribution in [0.25, 0.3) is 28.4 Å². The van der Waals surface area contributed by atoms with Crippen LogP contribution in [0.2, 0.25) is 0 Å². The summed E-state index contributed by atoms with van der Waals surface area (Å²) in [7, 11) is 1.58.